The van der Waals surface area contributed by atoms with Crippen LogP contribution in [-0.4, -0.2) is 6.04 Å². The van der Waals surface area contributed by atoms with Crippen LogP contribution >= 0.6 is 0 Å². The summed E-state index contributed by atoms with van der Waals surface area (Å²) in [6, 6.07) is 0.282. The van der Waals surface area contributed by atoms with Crippen LogP contribution in [-0.2, 0) is 0 Å². The molecule has 1 nitrogen and oxygen atoms in total. The number of hydrogen-bond acceptors (Lipinski definition) is 1. The third-order valence-corrected chi connectivity index (χ3v) is 1.39. The molecule has 0 aromatic rings. The van der Waals surface area contributed by atoms with Crippen LogP contribution in [0.5, 0.6) is 0 Å². The third-order valence-electron chi connectivity index (χ3n) is 1.39. The lowest BCUT2D eigenvalue weighted by Crippen LogP contribution is -2.16. The summed E-state index contributed by atoms with van der Waals surface area (Å²) in [5.74, 6) is 6.13. The maximum absolute atomic E-state index is 5.65. The first-order valence-corrected chi connectivity index (χ1v) is 4.02. The molecule has 0 amide bonds. The molecular weight excluding hydrogens is 122 g/mol. The Morgan fingerprint density at radius 3 is 2.50 bits per heavy atom. The van der Waals surface area contributed by atoms with Crippen LogP contribution < -0.4 is 5.73 Å². The molecule has 0 rings (SSSR count). The van der Waals surface area contributed by atoms with Gasteiger partial charge in [-0.15, -0.1) is 11.8 Å². The molecule has 0 bridgehead atoms. The van der Waals surface area contributed by atoms with Crippen molar-refractivity contribution in [2.75, 3.05) is 0 Å². The van der Waals surface area contributed by atoms with Gasteiger partial charge in [-0.05, 0) is 12.8 Å². The fraction of sp³-hybridized carbons (Fsp3) is 0.778. The zero-order chi connectivity index (χ0) is 7.82. The minimum absolute atomic E-state index is 0.282. The normalized spacial score (nSPS) is 11.9. The van der Waals surface area contributed by atoms with Crippen molar-refractivity contribution in [3.63, 3.8) is 0 Å². The third kappa shape index (κ3) is 5.65. The van der Waals surface area contributed by atoms with Gasteiger partial charge in [-0.2, -0.15) is 0 Å². The zero-order valence-corrected chi connectivity index (χ0v) is 6.98. The molecule has 0 heterocycles. The lowest BCUT2D eigenvalue weighted by Gasteiger charge is -2.00. The highest BCUT2D eigenvalue weighted by atomic mass is 14.6. The number of rotatable bonds is 3. The van der Waals surface area contributed by atoms with Gasteiger partial charge in [-0.3, -0.25) is 0 Å². The van der Waals surface area contributed by atoms with E-state index in [0.717, 1.165) is 25.7 Å². The van der Waals surface area contributed by atoms with E-state index in [0.29, 0.717) is 0 Å². The molecule has 10 heavy (non-hydrogen) atoms. The summed E-state index contributed by atoms with van der Waals surface area (Å²) in [5.41, 5.74) is 5.65. The van der Waals surface area contributed by atoms with Crippen LogP contribution in [0.25, 0.3) is 0 Å². The molecule has 0 saturated carbocycles. The largest absolute Gasteiger partial charge is 0.327 e. The van der Waals surface area contributed by atoms with Crippen molar-refractivity contribution in [2.45, 2.75) is 45.6 Å². The summed E-state index contributed by atoms with van der Waals surface area (Å²) >= 11 is 0. The van der Waals surface area contributed by atoms with E-state index < -0.39 is 0 Å². The van der Waals surface area contributed by atoms with Gasteiger partial charge < -0.3 is 5.73 Å². The van der Waals surface area contributed by atoms with E-state index in [-0.39, 0.29) is 6.04 Å². The van der Waals surface area contributed by atoms with Crippen molar-refractivity contribution >= 4 is 0 Å². The Morgan fingerprint density at radius 2 is 2.00 bits per heavy atom. The first kappa shape index (κ1) is 9.52. The lowest BCUT2D eigenvalue weighted by atomic mass is 10.2. The van der Waals surface area contributed by atoms with Crippen LogP contribution in [0.2, 0.25) is 0 Å². The van der Waals surface area contributed by atoms with E-state index >= 15 is 0 Å². The average molecular weight is 139 g/mol. The molecule has 0 aliphatic carbocycles. The first-order valence-electron chi connectivity index (χ1n) is 4.02. The Hall–Kier alpha value is -0.480. The lowest BCUT2D eigenvalue weighted by molar-refractivity contribution is 0.668. The van der Waals surface area contributed by atoms with E-state index in [4.69, 9.17) is 5.73 Å². The molecule has 0 aromatic heterocycles. The second kappa shape index (κ2) is 6.64. The van der Waals surface area contributed by atoms with Crippen molar-refractivity contribution in [3.8, 4) is 11.8 Å². The van der Waals surface area contributed by atoms with E-state index in [1.165, 1.54) is 0 Å². The van der Waals surface area contributed by atoms with Gasteiger partial charge in [0.15, 0.2) is 0 Å². The molecule has 1 heteroatoms. The van der Waals surface area contributed by atoms with Crippen molar-refractivity contribution < 1.29 is 0 Å². The predicted molar refractivity (Wildman–Crippen MR) is 45.6 cm³/mol. The highest BCUT2D eigenvalue weighted by Gasteiger charge is 1.92. The number of unbranched alkanes of at least 4 members (excludes halogenated alkanes) is 1. The summed E-state index contributed by atoms with van der Waals surface area (Å²) in [7, 11) is 0. The SMILES string of the molecule is CCCC#CCC(N)CC. The van der Waals surface area contributed by atoms with Gasteiger partial charge in [0.1, 0.15) is 0 Å². The van der Waals surface area contributed by atoms with Crippen molar-refractivity contribution in [3.05, 3.63) is 0 Å². The minimum Gasteiger partial charge on any atom is -0.327 e. The zero-order valence-electron chi connectivity index (χ0n) is 6.98. The van der Waals surface area contributed by atoms with E-state index in [2.05, 4.69) is 25.7 Å². The quantitative estimate of drug-likeness (QED) is 0.594. The Kier molecular flexibility index (Phi) is 6.32. The van der Waals surface area contributed by atoms with Gasteiger partial charge in [0.05, 0.1) is 0 Å². The monoisotopic (exact) mass is 139 g/mol. The molecule has 58 valence electrons. The second-order valence-corrected chi connectivity index (χ2v) is 2.48. The van der Waals surface area contributed by atoms with Crippen LogP contribution in [0, 0.1) is 11.8 Å². The smallest absolute Gasteiger partial charge is 0.0241 e. The highest BCUT2D eigenvalue weighted by Crippen LogP contribution is 1.91. The van der Waals surface area contributed by atoms with Gasteiger partial charge in [0.2, 0.25) is 0 Å². The molecule has 2 N–H and O–H groups in total. The van der Waals surface area contributed by atoms with Crippen molar-refractivity contribution in [2.24, 2.45) is 5.73 Å². The molecule has 0 radical (unpaired) electrons. The maximum Gasteiger partial charge on any atom is 0.0241 e. The Bertz CT molecular complexity index is 118. The summed E-state index contributed by atoms with van der Waals surface area (Å²) in [5, 5.41) is 0. The predicted octanol–water partition coefficient (Wildman–Crippen LogP) is 1.92. The molecule has 1 unspecified atom stereocenters. The molecule has 0 aromatic carbocycles. The van der Waals surface area contributed by atoms with Crippen LogP contribution in [0.4, 0.5) is 0 Å². The topological polar surface area (TPSA) is 26.0 Å². The Balaban J connectivity index is 3.26. The fourth-order valence-electron chi connectivity index (χ4n) is 0.561. The number of hydrogen-bond donors (Lipinski definition) is 1. The van der Waals surface area contributed by atoms with Gasteiger partial charge in [0.25, 0.3) is 0 Å². The van der Waals surface area contributed by atoms with E-state index in [1.54, 1.807) is 0 Å². The van der Waals surface area contributed by atoms with Crippen LogP contribution in [0.3, 0.4) is 0 Å². The first-order chi connectivity index (χ1) is 4.81. The van der Waals surface area contributed by atoms with Crippen molar-refractivity contribution in [1.29, 1.82) is 0 Å². The molecule has 0 fully saturated rings. The van der Waals surface area contributed by atoms with Crippen molar-refractivity contribution in [1.82, 2.24) is 0 Å². The molecular formula is C9H17N. The van der Waals surface area contributed by atoms with Gasteiger partial charge in [-0.1, -0.05) is 13.8 Å². The van der Waals surface area contributed by atoms with E-state index in [9.17, 15) is 0 Å². The summed E-state index contributed by atoms with van der Waals surface area (Å²) < 4.78 is 0. The average Bonchev–Trinajstić information content (AvgIpc) is 1.98. The Morgan fingerprint density at radius 1 is 1.30 bits per heavy atom. The summed E-state index contributed by atoms with van der Waals surface area (Å²) in [6.45, 7) is 4.22. The molecule has 0 aliphatic heterocycles. The highest BCUT2D eigenvalue weighted by molar-refractivity contribution is 5.00. The minimum atomic E-state index is 0.282. The van der Waals surface area contributed by atoms with Gasteiger partial charge in [0, 0.05) is 18.9 Å². The van der Waals surface area contributed by atoms with Gasteiger partial charge >= 0.3 is 0 Å². The number of nitrogens with two attached hydrogens (primary N) is 1. The fourth-order valence-corrected chi connectivity index (χ4v) is 0.561. The maximum atomic E-state index is 5.65. The molecule has 1 atom stereocenters. The Labute approximate surface area is 64.0 Å². The molecule has 0 spiro atoms. The molecule has 0 saturated heterocycles. The van der Waals surface area contributed by atoms with Crippen LogP contribution in [0.15, 0.2) is 0 Å². The standard InChI is InChI=1S/C9H17N/c1-3-5-6-7-8-9(10)4-2/h9H,3-5,8,10H2,1-2H3. The second-order valence-electron chi connectivity index (χ2n) is 2.48. The summed E-state index contributed by atoms with van der Waals surface area (Å²) in [6.07, 6.45) is 4.04. The molecule has 0 aliphatic rings. The van der Waals surface area contributed by atoms with E-state index in [1.807, 2.05) is 0 Å². The van der Waals surface area contributed by atoms with Gasteiger partial charge in [-0.25, -0.2) is 0 Å². The summed E-state index contributed by atoms with van der Waals surface area (Å²) in [4.78, 5) is 0. The van der Waals surface area contributed by atoms with Crippen LogP contribution in [0.1, 0.15) is 39.5 Å².